The SMILES string of the molecule is CCC1(C)CCN(CCNCC2CC2)CC1. The Labute approximate surface area is 101 Å². The highest BCUT2D eigenvalue weighted by Crippen LogP contribution is 2.33. The molecule has 2 aliphatic rings. The van der Waals surface area contributed by atoms with E-state index in [9.17, 15) is 0 Å². The van der Waals surface area contributed by atoms with Gasteiger partial charge in [0.1, 0.15) is 0 Å². The number of rotatable bonds is 6. The Balaban J connectivity index is 1.54. The highest BCUT2D eigenvalue weighted by molar-refractivity contribution is 4.81. The van der Waals surface area contributed by atoms with Gasteiger partial charge in [-0.05, 0) is 56.7 Å². The molecule has 0 aromatic heterocycles. The Morgan fingerprint density at radius 1 is 1.25 bits per heavy atom. The molecule has 2 rings (SSSR count). The maximum absolute atomic E-state index is 3.59. The van der Waals surface area contributed by atoms with Gasteiger partial charge in [0.05, 0.1) is 0 Å². The van der Waals surface area contributed by atoms with Crippen molar-refractivity contribution in [1.29, 1.82) is 0 Å². The molecule has 0 spiro atoms. The zero-order valence-corrected chi connectivity index (χ0v) is 11.1. The number of hydrogen-bond donors (Lipinski definition) is 1. The summed E-state index contributed by atoms with van der Waals surface area (Å²) in [7, 11) is 0. The molecule has 0 aromatic rings. The van der Waals surface area contributed by atoms with Gasteiger partial charge in [-0.15, -0.1) is 0 Å². The lowest BCUT2D eigenvalue weighted by Crippen LogP contribution is -2.41. The minimum absolute atomic E-state index is 0.637. The van der Waals surface area contributed by atoms with Crippen LogP contribution in [-0.4, -0.2) is 37.6 Å². The van der Waals surface area contributed by atoms with E-state index in [4.69, 9.17) is 0 Å². The molecule has 0 amide bonds. The van der Waals surface area contributed by atoms with E-state index in [-0.39, 0.29) is 0 Å². The molecule has 1 heterocycles. The lowest BCUT2D eigenvalue weighted by molar-refractivity contribution is 0.115. The average Bonchev–Trinajstić information content (AvgIpc) is 3.11. The van der Waals surface area contributed by atoms with Crippen molar-refractivity contribution in [2.75, 3.05) is 32.7 Å². The molecule has 1 saturated carbocycles. The van der Waals surface area contributed by atoms with Crippen LogP contribution in [0.1, 0.15) is 46.0 Å². The van der Waals surface area contributed by atoms with Gasteiger partial charge >= 0.3 is 0 Å². The molecule has 0 atom stereocenters. The molecular formula is C14H28N2. The third kappa shape index (κ3) is 3.74. The van der Waals surface area contributed by atoms with Crippen molar-refractivity contribution < 1.29 is 0 Å². The highest BCUT2D eigenvalue weighted by Gasteiger charge is 2.27. The van der Waals surface area contributed by atoms with E-state index in [0.717, 1.165) is 5.92 Å². The molecule has 94 valence electrons. The van der Waals surface area contributed by atoms with Gasteiger partial charge in [0.2, 0.25) is 0 Å². The molecule has 0 aromatic carbocycles. The first-order valence-corrected chi connectivity index (χ1v) is 7.15. The quantitative estimate of drug-likeness (QED) is 0.697. The van der Waals surface area contributed by atoms with E-state index >= 15 is 0 Å². The number of nitrogens with one attached hydrogen (secondary N) is 1. The molecule has 2 heteroatoms. The largest absolute Gasteiger partial charge is 0.315 e. The minimum atomic E-state index is 0.637. The monoisotopic (exact) mass is 224 g/mol. The minimum Gasteiger partial charge on any atom is -0.315 e. The summed E-state index contributed by atoms with van der Waals surface area (Å²) in [4.78, 5) is 2.64. The summed E-state index contributed by atoms with van der Waals surface area (Å²) in [5.41, 5.74) is 0.637. The second-order valence-corrected chi connectivity index (χ2v) is 6.15. The highest BCUT2D eigenvalue weighted by atomic mass is 15.1. The van der Waals surface area contributed by atoms with Gasteiger partial charge in [-0.3, -0.25) is 0 Å². The molecule has 16 heavy (non-hydrogen) atoms. The fourth-order valence-corrected chi connectivity index (χ4v) is 2.54. The van der Waals surface area contributed by atoms with Crippen LogP contribution in [0.2, 0.25) is 0 Å². The van der Waals surface area contributed by atoms with Crippen molar-refractivity contribution in [2.45, 2.75) is 46.0 Å². The van der Waals surface area contributed by atoms with Crippen molar-refractivity contribution in [3.63, 3.8) is 0 Å². The summed E-state index contributed by atoms with van der Waals surface area (Å²) in [5, 5.41) is 3.59. The van der Waals surface area contributed by atoms with Gasteiger partial charge in [0, 0.05) is 13.1 Å². The second kappa shape index (κ2) is 5.50. The summed E-state index contributed by atoms with van der Waals surface area (Å²) < 4.78 is 0. The molecule has 2 fully saturated rings. The maximum atomic E-state index is 3.59. The van der Waals surface area contributed by atoms with Gasteiger partial charge in [-0.25, -0.2) is 0 Å². The van der Waals surface area contributed by atoms with Crippen LogP contribution in [0.25, 0.3) is 0 Å². The summed E-state index contributed by atoms with van der Waals surface area (Å²) in [6.45, 7) is 11.1. The summed E-state index contributed by atoms with van der Waals surface area (Å²) >= 11 is 0. The molecule has 0 radical (unpaired) electrons. The Bertz CT molecular complexity index is 203. The van der Waals surface area contributed by atoms with Crippen LogP contribution in [0.5, 0.6) is 0 Å². The fourth-order valence-electron chi connectivity index (χ4n) is 2.54. The van der Waals surface area contributed by atoms with Crippen LogP contribution in [0.4, 0.5) is 0 Å². The van der Waals surface area contributed by atoms with E-state index in [1.54, 1.807) is 0 Å². The van der Waals surface area contributed by atoms with Gasteiger partial charge in [-0.2, -0.15) is 0 Å². The first-order valence-electron chi connectivity index (χ1n) is 7.15. The van der Waals surface area contributed by atoms with Crippen molar-refractivity contribution in [3.8, 4) is 0 Å². The van der Waals surface area contributed by atoms with Gasteiger partial charge < -0.3 is 10.2 Å². The van der Waals surface area contributed by atoms with Crippen LogP contribution in [0.3, 0.4) is 0 Å². The number of likely N-dealkylation sites (tertiary alicyclic amines) is 1. The van der Waals surface area contributed by atoms with Crippen molar-refractivity contribution in [2.24, 2.45) is 11.3 Å². The molecule has 1 aliphatic carbocycles. The van der Waals surface area contributed by atoms with Gasteiger partial charge in [0.25, 0.3) is 0 Å². The predicted molar refractivity (Wildman–Crippen MR) is 69.7 cm³/mol. The summed E-state index contributed by atoms with van der Waals surface area (Å²) in [6, 6.07) is 0. The van der Waals surface area contributed by atoms with Crippen LogP contribution < -0.4 is 5.32 Å². The molecule has 1 aliphatic heterocycles. The zero-order chi connectivity index (χ0) is 11.4. The Kier molecular flexibility index (Phi) is 4.26. The number of hydrogen-bond acceptors (Lipinski definition) is 2. The van der Waals surface area contributed by atoms with Crippen LogP contribution in [-0.2, 0) is 0 Å². The van der Waals surface area contributed by atoms with Crippen LogP contribution in [0, 0.1) is 11.3 Å². The van der Waals surface area contributed by atoms with Gasteiger partial charge in [-0.1, -0.05) is 20.3 Å². The average molecular weight is 224 g/mol. The second-order valence-electron chi connectivity index (χ2n) is 6.15. The van der Waals surface area contributed by atoms with Crippen LogP contribution in [0.15, 0.2) is 0 Å². The molecule has 2 nitrogen and oxygen atoms in total. The van der Waals surface area contributed by atoms with Gasteiger partial charge in [0.15, 0.2) is 0 Å². The lowest BCUT2D eigenvalue weighted by atomic mass is 9.78. The number of piperidine rings is 1. The zero-order valence-electron chi connectivity index (χ0n) is 11.1. The normalized spacial score (nSPS) is 25.9. The maximum Gasteiger partial charge on any atom is 0.0107 e. The fraction of sp³-hybridized carbons (Fsp3) is 1.00. The van der Waals surface area contributed by atoms with E-state index in [1.165, 1.54) is 64.8 Å². The first kappa shape index (κ1) is 12.4. The van der Waals surface area contributed by atoms with Crippen molar-refractivity contribution >= 4 is 0 Å². The van der Waals surface area contributed by atoms with E-state index < -0.39 is 0 Å². The van der Waals surface area contributed by atoms with E-state index in [1.807, 2.05) is 0 Å². The molecule has 0 bridgehead atoms. The molecule has 0 unspecified atom stereocenters. The third-order valence-electron chi connectivity index (χ3n) is 4.65. The topological polar surface area (TPSA) is 15.3 Å². The Morgan fingerprint density at radius 3 is 2.50 bits per heavy atom. The lowest BCUT2D eigenvalue weighted by Gasteiger charge is -2.38. The smallest absolute Gasteiger partial charge is 0.0107 e. The standard InChI is InChI=1S/C14H28N2/c1-3-14(2)6-9-16(10-7-14)11-8-15-12-13-4-5-13/h13,15H,3-12H2,1-2H3. The predicted octanol–water partition coefficient (Wildman–Crippen LogP) is 2.50. The number of nitrogens with zero attached hydrogens (tertiary/aromatic N) is 1. The molecule has 1 saturated heterocycles. The Morgan fingerprint density at radius 2 is 1.94 bits per heavy atom. The summed E-state index contributed by atoms with van der Waals surface area (Å²) in [6.07, 6.45) is 7.07. The van der Waals surface area contributed by atoms with E-state index in [0.29, 0.717) is 5.41 Å². The Hall–Kier alpha value is -0.0800. The third-order valence-corrected chi connectivity index (χ3v) is 4.65. The summed E-state index contributed by atoms with van der Waals surface area (Å²) in [5.74, 6) is 1.02. The van der Waals surface area contributed by atoms with Crippen LogP contribution >= 0.6 is 0 Å². The van der Waals surface area contributed by atoms with Crippen molar-refractivity contribution in [1.82, 2.24) is 10.2 Å². The molecule has 1 N–H and O–H groups in total. The van der Waals surface area contributed by atoms with E-state index in [2.05, 4.69) is 24.1 Å². The van der Waals surface area contributed by atoms with Crippen molar-refractivity contribution in [3.05, 3.63) is 0 Å². The molecular weight excluding hydrogens is 196 g/mol. The first-order chi connectivity index (χ1) is 7.72.